The highest BCUT2D eigenvalue weighted by Crippen LogP contribution is 2.22. The Morgan fingerprint density at radius 1 is 1.19 bits per heavy atom. The van der Waals surface area contributed by atoms with E-state index in [4.69, 9.17) is 9.68 Å². The Morgan fingerprint density at radius 3 is 2.67 bits per heavy atom. The van der Waals surface area contributed by atoms with Crippen LogP contribution in [0.1, 0.15) is 29.9 Å². The van der Waals surface area contributed by atoms with Crippen LogP contribution >= 0.6 is 11.8 Å². The predicted octanol–water partition coefficient (Wildman–Crippen LogP) is 2.83. The Morgan fingerprint density at radius 2 is 1.95 bits per heavy atom. The molecule has 3 rings (SSSR count). The summed E-state index contributed by atoms with van der Waals surface area (Å²) in [6.07, 6.45) is 2.52. The minimum Gasteiger partial charge on any atom is -0.415 e. The standard InChI is InChI=1S/C15H16N4OS/c16-9-12-3-5-13(6-4-12)11-21-15-18-17-14(20-15)10-19-7-1-2-8-19/h3-6H,1-2,7-8,10-11H2. The average molecular weight is 300 g/mol. The summed E-state index contributed by atoms with van der Waals surface area (Å²) in [4.78, 5) is 2.34. The first kappa shape index (κ1) is 14.1. The second-order valence-corrected chi connectivity index (χ2v) is 5.97. The fourth-order valence-electron chi connectivity index (χ4n) is 2.31. The average Bonchev–Trinajstić information content (AvgIpc) is 3.18. The third-order valence-electron chi connectivity index (χ3n) is 3.45. The van der Waals surface area contributed by atoms with E-state index < -0.39 is 0 Å². The quantitative estimate of drug-likeness (QED) is 0.791. The van der Waals surface area contributed by atoms with Crippen LogP contribution in [-0.2, 0) is 12.3 Å². The van der Waals surface area contributed by atoms with Gasteiger partial charge in [0.05, 0.1) is 18.2 Å². The molecule has 1 saturated heterocycles. The van der Waals surface area contributed by atoms with Gasteiger partial charge in [0.1, 0.15) is 0 Å². The van der Waals surface area contributed by atoms with Gasteiger partial charge in [-0.2, -0.15) is 5.26 Å². The van der Waals surface area contributed by atoms with E-state index in [1.165, 1.54) is 24.6 Å². The molecule has 0 radical (unpaired) electrons. The van der Waals surface area contributed by atoms with Crippen molar-refractivity contribution >= 4 is 11.8 Å². The van der Waals surface area contributed by atoms with E-state index in [1.807, 2.05) is 24.3 Å². The van der Waals surface area contributed by atoms with Crippen molar-refractivity contribution in [1.29, 1.82) is 5.26 Å². The lowest BCUT2D eigenvalue weighted by atomic mass is 10.2. The first-order chi connectivity index (χ1) is 10.3. The largest absolute Gasteiger partial charge is 0.415 e. The van der Waals surface area contributed by atoms with Crippen LogP contribution in [0.5, 0.6) is 0 Å². The van der Waals surface area contributed by atoms with E-state index in [2.05, 4.69) is 21.2 Å². The zero-order valence-electron chi connectivity index (χ0n) is 11.7. The number of nitriles is 1. The molecule has 2 aromatic rings. The van der Waals surface area contributed by atoms with Gasteiger partial charge in [0.15, 0.2) is 0 Å². The number of thioether (sulfide) groups is 1. The molecule has 0 saturated carbocycles. The Labute approximate surface area is 128 Å². The number of aromatic nitrogens is 2. The molecule has 1 aliphatic heterocycles. The molecule has 1 aromatic heterocycles. The maximum absolute atomic E-state index is 8.76. The summed E-state index contributed by atoms with van der Waals surface area (Å²) in [5.74, 6) is 1.45. The summed E-state index contributed by atoms with van der Waals surface area (Å²) in [5.41, 5.74) is 1.81. The molecule has 0 spiro atoms. The molecule has 5 nitrogen and oxygen atoms in total. The Bertz CT molecular complexity index is 626. The van der Waals surface area contributed by atoms with Crippen molar-refractivity contribution in [2.45, 2.75) is 30.4 Å². The van der Waals surface area contributed by atoms with Crippen LogP contribution in [0.15, 0.2) is 33.9 Å². The molecule has 108 valence electrons. The van der Waals surface area contributed by atoms with Gasteiger partial charge in [-0.1, -0.05) is 23.9 Å². The molecule has 2 heterocycles. The second-order valence-electron chi connectivity index (χ2n) is 5.04. The van der Waals surface area contributed by atoms with Gasteiger partial charge in [-0.05, 0) is 43.6 Å². The number of hydrogen-bond donors (Lipinski definition) is 0. The highest BCUT2D eigenvalue weighted by molar-refractivity contribution is 7.98. The number of likely N-dealkylation sites (tertiary alicyclic amines) is 1. The van der Waals surface area contributed by atoms with Gasteiger partial charge in [0.2, 0.25) is 5.89 Å². The van der Waals surface area contributed by atoms with Gasteiger partial charge in [0.25, 0.3) is 5.22 Å². The van der Waals surface area contributed by atoms with Crippen LogP contribution in [-0.4, -0.2) is 28.2 Å². The van der Waals surface area contributed by atoms with Crippen molar-refractivity contribution in [2.75, 3.05) is 13.1 Å². The summed E-state index contributed by atoms with van der Waals surface area (Å²) < 4.78 is 5.66. The van der Waals surface area contributed by atoms with Gasteiger partial charge >= 0.3 is 0 Å². The molecule has 1 aromatic carbocycles. The molecule has 0 amide bonds. The third-order valence-corrected chi connectivity index (χ3v) is 4.34. The first-order valence-corrected chi connectivity index (χ1v) is 7.98. The Balaban J connectivity index is 1.53. The maximum Gasteiger partial charge on any atom is 0.276 e. The van der Waals surface area contributed by atoms with Crippen LogP contribution < -0.4 is 0 Å². The lowest BCUT2D eigenvalue weighted by Crippen LogP contribution is -2.18. The van der Waals surface area contributed by atoms with Crippen LogP contribution in [0, 0.1) is 11.3 Å². The normalized spacial score (nSPS) is 15.2. The van der Waals surface area contributed by atoms with Crippen molar-refractivity contribution in [3.8, 4) is 6.07 Å². The fraction of sp³-hybridized carbons (Fsp3) is 0.400. The monoisotopic (exact) mass is 300 g/mol. The van der Waals surface area contributed by atoms with Crippen molar-refractivity contribution < 1.29 is 4.42 Å². The van der Waals surface area contributed by atoms with Gasteiger partial charge in [-0.25, -0.2) is 0 Å². The van der Waals surface area contributed by atoms with Crippen LogP contribution in [0.2, 0.25) is 0 Å². The van der Waals surface area contributed by atoms with E-state index in [0.29, 0.717) is 16.7 Å². The van der Waals surface area contributed by atoms with Crippen molar-refractivity contribution in [3.05, 3.63) is 41.3 Å². The van der Waals surface area contributed by atoms with Gasteiger partial charge in [-0.15, -0.1) is 10.2 Å². The Kier molecular flexibility index (Phi) is 4.53. The van der Waals surface area contributed by atoms with Gasteiger partial charge in [0, 0.05) is 5.75 Å². The van der Waals surface area contributed by atoms with Gasteiger partial charge < -0.3 is 4.42 Å². The number of rotatable bonds is 5. The number of nitrogens with zero attached hydrogens (tertiary/aromatic N) is 4. The number of hydrogen-bond acceptors (Lipinski definition) is 6. The van der Waals surface area contributed by atoms with Crippen LogP contribution in [0.25, 0.3) is 0 Å². The highest BCUT2D eigenvalue weighted by Gasteiger charge is 2.15. The molecule has 0 bridgehead atoms. The molecule has 0 atom stereocenters. The minimum atomic E-state index is 0.605. The highest BCUT2D eigenvalue weighted by atomic mass is 32.2. The lowest BCUT2D eigenvalue weighted by molar-refractivity contribution is 0.278. The van der Waals surface area contributed by atoms with Crippen LogP contribution in [0.4, 0.5) is 0 Å². The molecule has 21 heavy (non-hydrogen) atoms. The van der Waals surface area contributed by atoms with E-state index in [0.717, 1.165) is 31.0 Å². The van der Waals surface area contributed by atoms with E-state index >= 15 is 0 Å². The summed E-state index contributed by atoms with van der Waals surface area (Å²) >= 11 is 1.52. The smallest absolute Gasteiger partial charge is 0.276 e. The molecule has 0 aliphatic carbocycles. The third kappa shape index (κ3) is 3.84. The molecule has 1 fully saturated rings. The zero-order valence-corrected chi connectivity index (χ0v) is 12.5. The molecule has 6 heteroatoms. The topological polar surface area (TPSA) is 66.0 Å². The fourth-order valence-corrected chi connectivity index (χ4v) is 3.05. The molecule has 0 unspecified atom stereocenters. The predicted molar refractivity (Wildman–Crippen MR) is 79.5 cm³/mol. The van der Waals surface area contributed by atoms with Crippen LogP contribution in [0.3, 0.4) is 0 Å². The summed E-state index contributed by atoms with van der Waals surface area (Å²) in [5, 5.41) is 17.5. The van der Waals surface area contributed by atoms with Gasteiger partial charge in [-0.3, -0.25) is 4.90 Å². The van der Waals surface area contributed by atoms with E-state index in [9.17, 15) is 0 Å². The second kappa shape index (κ2) is 6.74. The summed E-state index contributed by atoms with van der Waals surface area (Å²) in [6, 6.07) is 9.66. The van der Waals surface area contributed by atoms with Crippen molar-refractivity contribution in [1.82, 2.24) is 15.1 Å². The molecule has 1 aliphatic rings. The first-order valence-electron chi connectivity index (χ1n) is 7.00. The zero-order chi connectivity index (χ0) is 14.5. The van der Waals surface area contributed by atoms with E-state index in [1.54, 1.807) is 0 Å². The van der Waals surface area contributed by atoms with Crippen molar-refractivity contribution in [3.63, 3.8) is 0 Å². The maximum atomic E-state index is 8.76. The Hall–Kier alpha value is -1.84. The lowest BCUT2D eigenvalue weighted by Gasteiger charge is -2.10. The summed E-state index contributed by atoms with van der Waals surface area (Å²) in [6.45, 7) is 3.00. The van der Waals surface area contributed by atoms with Crippen molar-refractivity contribution in [2.24, 2.45) is 0 Å². The summed E-state index contributed by atoms with van der Waals surface area (Å²) in [7, 11) is 0. The minimum absolute atomic E-state index is 0.605. The molecular formula is C15H16N4OS. The number of benzene rings is 1. The SMILES string of the molecule is N#Cc1ccc(CSc2nnc(CN3CCCC3)o2)cc1. The van der Waals surface area contributed by atoms with E-state index in [-0.39, 0.29) is 0 Å². The molecular weight excluding hydrogens is 284 g/mol. The molecule has 0 N–H and O–H groups in total.